The van der Waals surface area contributed by atoms with Crippen molar-refractivity contribution in [1.29, 1.82) is 0 Å². The molecule has 0 N–H and O–H groups in total. The van der Waals surface area contributed by atoms with Gasteiger partial charge in [-0.05, 0) is 37.1 Å². The van der Waals surface area contributed by atoms with Gasteiger partial charge in [0.25, 0.3) is 0 Å². The summed E-state index contributed by atoms with van der Waals surface area (Å²) in [5.41, 5.74) is 1.04. The van der Waals surface area contributed by atoms with Gasteiger partial charge in [0.05, 0.1) is 20.1 Å². The van der Waals surface area contributed by atoms with Crippen LogP contribution >= 0.6 is 0 Å². The third-order valence-corrected chi connectivity index (χ3v) is 4.23. The highest BCUT2D eigenvalue weighted by Crippen LogP contribution is 2.43. The van der Waals surface area contributed by atoms with Gasteiger partial charge >= 0.3 is 11.9 Å². The van der Waals surface area contributed by atoms with Crippen molar-refractivity contribution in [3.05, 3.63) is 57.9 Å². The minimum atomic E-state index is -1.62. The first kappa shape index (κ1) is 18.8. The van der Waals surface area contributed by atoms with Gasteiger partial charge in [-0.2, -0.15) is 0 Å². The molecule has 0 bridgehead atoms. The first-order valence-corrected chi connectivity index (χ1v) is 7.42. The number of hydrogen-bond acceptors (Lipinski definition) is 4. The first-order chi connectivity index (χ1) is 11.7. The second kappa shape index (κ2) is 7.13. The second-order valence-corrected chi connectivity index (χ2v) is 5.75. The number of methoxy groups -OCH3 is 2. The van der Waals surface area contributed by atoms with Gasteiger partial charge in [-0.25, -0.2) is 18.0 Å². The summed E-state index contributed by atoms with van der Waals surface area (Å²) >= 11 is 0. The van der Waals surface area contributed by atoms with E-state index < -0.39 is 41.2 Å². The van der Waals surface area contributed by atoms with Crippen LogP contribution in [0, 0.1) is 23.4 Å². The van der Waals surface area contributed by atoms with Gasteiger partial charge in [0.1, 0.15) is 0 Å². The molecule has 134 valence electrons. The van der Waals surface area contributed by atoms with Crippen LogP contribution in [-0.4, -0.2) is 26.2 Å². The van der Waals surface area contributed by atoms with Crippen LogP contribution < -0.4 is 0 Å². The van der Waals surface area contributed by atoms with Gasteiger partial charge in [-0.15, -0.1) is 0 Å². The molecule has 0 heterocycles. The largest absolute Gasteiger partial charge is 0.469 e. The molecule has 0 fully saturated rings. The molecule has 0 amide bonds. The highest BCUT2D eigenvalue weighted by Gasteiger charge is 2.41. The molecule has 0 radical (unpaired) electrons. The van der Waals surface area contributed by atoms with E-state index in [1.54, 1.807) is 19.9 Å². The average Bonchev–Trinajstić information content (AvgIpc) is 2.57. The van der Waals surface area contributed by atoms with Crippen molar-refractivity contribution in [2.75, 3.05) is 14.2 Å². The van der Waals surface area contributed by atoms with Crippen LogP contribution in [0.2, 0.25) is 0 Å². The Morgan fingerprint density at radius 3 is 2.04 bits per heavy atom. The monoisotopic (exact) mass is 354 g/mol. The Hall–Kier alpha value is -2.57. The fourth-order valence-corrected chi connectivity index (χ4v) is 3.14. The van der Waals surface area contributed by atoms with Crippen molar-refractivity contribution in [1.82, 2.24) is 0 Å². The lowest BCUT2D eigenvalue weighted by Crippen LogP contribution is -2.32. The smallest absolute Gasteiger partial charge is 0.334 e. The van der Waals surface area contributed by atoms with Gasteiger partial charge < -0.3 is 9.47 Å². The highest BCUT2D eigenvalue weighted by atomic mass is 19.2. The van der Waals surface area contributed by atoms with E-state index in [4.69, 9.17) is 9.47 Å². The number of allylic oxidation sites excluding steroid dienone is 2. The summed E-state index contributed by atoms with van der Waals surface area (Å²) in [6.45, 7) is 3.26. The number of ether oxygens (including phenoxy) is 2. The van der Waals surface area contributed by atoms with Gasteiger partial charge in [0, 0.05) is 11.5 Å². The number of rotatable bonds is 3. The van der Waals surface area contributed by atoms with Crippen LogP contribution in [0.15, 0.2) is 34.9 Å². The molecule has 0 saturated heterocycles. The Morgan fingerprint density at radius 1 is 1.00 bits per heavy atom. The molecule has 2 atom stereocenters. The first-order valence-electron chi connectivity index (χ1n) is 7.42. The Balaban J connectivity index is 2.75. The lowest BCUT2D eigenvalue weighted by atomic mass is 9.72. The lowest BCUT2D eigenvalue weighted by Gasteiger charge is -2.32. The molecule has 4 nitrogen and oxygen atoms in total. The Morgan fingerprint density at radius 2 is 1.56 bits per heavy atom. The third kappa shape index (κ3) is 3.31. The van der Waals surface area contributed by atoms with Crippen LogP contribution in [-0.2, 0) is 19.1 Å². The molecular formula is C18H17F3O4. The molecule has 2 rings (SSSR count). The standard InChI is InChI=1S/C18H17F3O4/c1-8-5-9(2)14(18(23)25-4)15(13(8)17(22)24-3)10-6-11(19)16(21)12(20)7-10/h5-7,13,15H,1-4H3. The summed E-state index contributed by atoms with van der Waals surface area (Å²) in [4.78, 5) is 24.5. The van der Waals surface area contributed by atoms with E-state index in [1.165, 1.54) is 7.11 Å². The second-order valence-electron chi connectivity index (χ2n) is 5.75. The van der Waals surface area contributed by atoms with E-state index in [0.29, 0.717) is 11.1 Å². The van der Waals surface area contributed by atoms with E-state index in [1.807, 2.05) is 0 Å². The topological polar surface area (TPSA) is 52.6 Å². The average molecular weight is 354 g/mol. The zero-order valence-electron chi connectivity index (χ0n) is 14.2. The van der Waals surface area contributed by atoms with E-state index in [9.17, 15) is 22.8 Å². The molecular weight excluding hydrogens is 337 g/mol. The number of esters is 2. The number of hydrogen-bond donors (Lipinski definition) is 0. The van der Waals surface area contributed by atoms with Crippen molar-refractivity contribution in [3.8, 4) is 0 Å². The SMILES string of the molecule is COC(=O)C1=C(C)C=C(C)C(C(=O)OC)C1c1cc(F)c(F)c(F)c1. The molecule has 1 aliphatic rings. The molecule has 7 heteroatoms. The third-order valence-electron chi connectivity index (χ3n) is 4.23. The summed E-state index contributed by atoms with van der Waals surface area (Å²) in [5.74, 6) is -7.92. The minimum absolute atomic E-state index is 0.0565. The van der Waals surface area contributed by atoms with Crippen LogP contribution in [0.3, 0.4) is 0 Å². The maximum absolute atomic E-state index is 13.7. The van der Waals surface area contributed by atoms with Crippen molar-refractivity contribution in [3.63, 3.8) is 0 Å². The van der Waals surface area contributed by atoms with Crippen LogP contribution in [0.25, 0.3) is 0 Å². The minimum Gasteiger partial charge on any atom is -0.469 e. The molecule has 1 aromatic carbocycles. The van der Waals surface area contributed by atoms with Crippen molar-refractivity contribution in [2.45, 2.75) is 19.8 Å². The summed E-state index contributed by atoms with van der Waals surface area (Å²) in [6, 6.07) is 1.54. The maximum Gasteiger partial charge on any atom is 0.334 e. The summed E-state index contributed by atoms with van der Waals surface area (Å²) in [6.07, 6.45) is 1.61. The fraction of sp³-hybridized carbons (Fsp3) is 0.333. The Kier molecular flexibility index (Phi) is 5.35. The van der Waals surface area contributed by atoms with Crippen LogP contribution in [0.5, 0.6) is 0 Å². The number of carbonyl (C=O) groups excluding carboxylic acids is 2. The molecule has 0 aromatic heterocycles. The van der Waals surface area contributed by atoms with E-state index in [-0.39, 0.29) is 11.1 Å². The molecule has 0 spiro atoms. The lowest BCUT2D eigenvalue weighted by molar-refractivity contribution is -0.144. The summed E-state index contributed by atoms with van der Waals surface area (Å²) in [7, 11) is 2.32. The quantitative estimate of drug-likeness (QED) is 0.616. The number of benzene rings is 1. The zero-order valence-corrected chi connectivity index (χ0v) is 14.2. The fourth-order valence-electron chi connectivity index (χ4n) is 3.14. The highest BCUT2D eigenvalue weighted by molar-refractivity contribution is 5.94. The van der Waals surface area contributed by atoms with Gasteiger partial charge in [-0.1, -0.05) is 11.6 Å². The molecule has 2 unspecified atom stereocenters. The number of carbonyl (C=O) groups is 2. The van der Waals surface area contributed by atoms with E-state index in [0.717, 1.165) is 19.2 Å². The van der Waals surface area contributed by atoms with Crippen molar-refractivity contribution < 1.29 is 32.2 Å². The predicted molar refractivity (Wildman–Crippen MR) is 83.0 cm³/mol. The van der Waals surface area contributed by atoms with E-state index in [2.05, 4.69) is 0 Å². The Labute approximate surface area is 142 Å². The molecule has 0 aliphatic heterocycles. The van der Waals surface area contributed by atoms with E-state index >= 15 is 0 Å². The van der Waals surface area contributed by atoms with Crippen molar-refractivity contribution >= 4 is 11.9 Å². The summed E-state index contributed by atoms with van der Waals surface area (Å²) < 4.78 is 50.3. The van der Waals surface area contributed by atoms with Gasteiger partial charge in [0.15, 0.2) is 17.5 Å². The summed E-state index contributed by atoms with van der Waals surface area (Å²) in [5, 5.41) is 0. The molecule has 1 aliphatic carbocycles. The molecule has 25 heavy (non-hydrogen) atoms. The van der Waals surface area contributed by atoms with Gasteiger partial charge in [0.2, 0.25) is 0 Å². The van der Waals surface area contributed by atoms with Gasteiger partial charge in [-0.3, -0.25) is 4.79 Å². The maximum atomic E-state index is 13.7. The van der Waals surface area contributed by atoms with Crippen LogP contribution in [0.4, 0.5) is 13.2 Å². The number of halogens is 3. The van der Waals surface area contributed by atoms with Crippen molar-refractivity contribution in [2.24, 2.45) is 5.92 Å². The normalized spacial score (nSPS) is 20.2. The zero-order chi connectivity index (χ0) is 18.9. The predicted octanol–water partition coefficient (Wildman–Crippen LogP) is 3.43. The molecule has 0 saturated carbocycles. The molecule has 1 aromatic rings. The Bertz CT molecular complexity index is 773. The van der Waals surface area contributed by atoms with Crippen LogP contribution in [0.1, 0.15) is 25.3 Å².